The molecule has 1 aromatic heterocycles. The van der Waals surface area contributed by atoms with E-state index in [4.69, 9.17) is 0 Å². The second kappa shape index (κ2) is 8.39. The molecule has 1 aliphatic rings. The number of hydrogen-bond acceptors (Lipinski definition) is 5. The molecule has 0 bridgehead atoms. The van der Waals surface area contributed by atoms with Crippen LogP contribution in [0, 0.1) is 6.92 Å². The number of hydrogen-bond donors (Lipinski definition) is 4. The molecule has 7 nitrogen and oxygen atoms in total. The van der Waals surface area contributed by atoms with Gasteiger partial charge in [0.15, 0.2) is 0 Å². The summed E-state index contributed by atoms with van der Waals surface area (Å²) in [6, 6.07) is 7.35. The highest BCUT2D eigenvalue weighted by molar-refractivity contribution is 6.00. The Morgan fingerprint density at radius 3 is 2.64 bits per heavy atom. The Hall–Kier alpha value is -2.93. The molecule has 2 amide bonds. The van der Waals surface area contributed by atoms with Gasteiger partial charge in [-0.05, 0) is 56.0 Å². The molecule has 1 aromatic carbocycles. The number of carbonyl (C=O) groups excluding carboxylic acids is 2. The summed E-state index contributed by atoms with van der Waals surface area (Å²) in [6.45, 7) is 3.68. The molecule has 3 rings (SSSR count). The molecule has 0 saturated heterocycles. The Morgan fingerprint density at radius 1 is 1.25 bits per heavy atom. The van der Waals surface area contributed by atoms with Gasteiger partial charge in [0.25, 0.3) is 11.8 Å². The largest absolute Gasteiger partial charge is 0.394 e. The number of benzene rings is 1. The van der Waals surface area contributed by atoms with Crippen LogP contribution in [0.5, 0.6) is 0 Å². The standard InChI is InChI=1S/C21H26N4O3/c1-12-4-5-14(20(27)25-16-6-7-16)8-17(12)15-9-18(21(28)22-3)19(23-10-15)24-13(2)11-26/h4-5,8-10,13,16,26H,6-7,11H2,1-3H3,(H,22,28)(H,23,24)(H,25,27). The third-order valence-electron chi connectivity index (χ3n) is 4.74. The zero-order chi connectivity index (χ0) is 20.3. The lowest BCUT2D eigenvalue weighted by Gasteiger charge is -2.16. The third-order valence-corrected chi connectivity index (χ3v) is 4.74. The summed E-state index contributed by atoms with van der Waals surface area (Å²) < 4.78 is 0. The van der Waals surface area contributed by atoms with E-state index < -0.39 is 0 Å². The van der Waals surface area contributed by atoms with Crippen molar-refractivity contribution in [3.8, 4) is 11.1 Å². The summed E-state index contributed by atoms with van der Waals surface area (Å²) in [5.74, 6) is 0.0468. The van der Waals surface area contributed by atoms with E-state index in [1.807, 2.05) is 25.1 Å². The second-order valence-electron chi connectivity index (χ2n) is 7.20. The number of aryl methyl sites for hydroxylation is 1. The number of nitrogens with one attached hydrogen (secondary N) is 3. The van der Waals surface area contributed by atoms with Crippen molar-refractivity contribution >= 4 is 17.6 Å². The maximum absolute atomic E-state index is 12.4. The highest BCUT2D eigenvalue weighted by Crippen LogP contribution is 2.28. The number of amides is 2. The maximum Gasteiger partial charge on any atom is 0.254 e. The van der Waals surface area contributed by atoms with E-state index in [1.165, 1.54) is 0 Å². The zero-order valence-electron chi connectivity index (χ0n) is 16.4. The van der Waals surface area contributed by atoms with Crippen molar-refractivity contribution in [1.29, 1.82) is 0 Å². The average Bonchev–Trinajstić information content (AvgIpc) is 3.51. The van der Waals surface area contributed by atoms with Crippen LogP contribution in [0.3, 0.4) is 0 Å². The predicted octanol–water partition coefficient (Wildman–Crippen LogP) is 2.10. The summed E-state index contributed by atoms with van der Waals surface area (Å²) in [6.07, 6.45) is 3.74. The number of aromatic nitrogens is 1. The van der Waals surface area contributed by atoms with E-state index in [9.17, 15) is 14.7 Å². The lowest BCUT2D eigenvalue weighted by molar-refractivity contribution is 0.0947. The number of pyridine rings is 1. The Morgan fingerprint density at radius 2 is 2.00 bits per heavy atom. The molecule has 1 unspecified atom stereocenters. The van der Waals surface area contributed by atoms with Crippen molar-refractivity contribution in [2.24, 2.45) is 0 Å². The molecule has 0 spiro atoms. The Bertz CT molecular complexity index is 893. The topological polar surface area (TPSA) is 103 Å². The number of aliphatic hydroxyl groups excluding tert-OH is 1. The fourth-order valence-electron chi connectivity index (χ4n) is 2.88. The smallest absolute Gasteiger partial charge is 0.254 e. The number of rotatable bonds is 7. The van der Waals surface area contributed by atoms with Gasteiger partial charge in [-0.15, -0.1) is 0 Å². The van der Waals surface area contributed by atoms with E-state index in [2.05, 4.69) is 20.9 Å². The van der Waals surface area contributed by atoms with Crippen LogP contribution in [-0.4, -0.2) is 47.6 Å². The quantitative estimate of drug-likeness (QED) is 0.587. The van der Waals surface area contributed by atoms with Crippen molar-refractivity contribution in [2.45, 2.75) is 38.8 Å². The summed E-state index contributed by atoms with van der Waals surface area (Å²) in [5.41, 5.74) is 3.55. The second-order valence-corrected chi connectivity index (χ2v) is 7.20. The van der Waals surface area contributed by atoms with Crippen LogP contribution in [0.25, 0.3) is 11.1 Å². The van der Waals surface area contributed by atoms with Gasteiger partial charge in [0, 0.05) is 36.5 Å². The van der Waals surface area contributed by atoms with Crippen LogP contribution < -0.4 is 16.0 Å². The number of anilines is 1. The van der Waals surface area contributed by atoms with Gasteiger partial charge >= 0.3 is 0 Å². The van der Waals surface area contributed by atoms with E-state index >= 15 is 0 Å². The molecule has 7 heteroatoms. The predicted molar refractivity (Wildman–Crippen MR) is 108 cm³/mol. The summed E-state index contributed by atoms with van der Waals surface area (Å²) in [7, 11) is 1.56. The Labute approximate surface area is 164 Å². The SMILES string of the molecule is CNC(=O)c1cc(-c2cc(C(=O)NC3CC3)ccc2C)cnc1NC(C)CO. The minimum atomic E-state index is -0.276. The zero-order valence-corrected chi connectivity index (χ0v) is 16.4. The van der Waals surface area contributed by atoms with E-state index in [0.29, 0.717) is 16.9 Å². The lowest BCUT2D eigenvalue weighted by Crippen LogP contribution is -2.25. The first kappa shape index (κ1) is 19.8. The molecule has 1 aliphatic carbocycles. The average molecular weight is 382 g/mol. The minimum Gasteiger partial charge on any atom is -0.394 e. The molecular formula is C21H26N4O3. The van der Waals surface area contributed by atoms with Gasteiger partial charge in [-0.2, -0.15) is 0 Å². The van der Waals surface area contributed by atoms with Crippen LogP contribution in [0.1, 0.15) is 46.0 Å². The van der Waals surface area contributed by atoms with E-state index in [-0.39, 0.29) is 30.5 Å². The first-order valence-electron chi connectivity index (χ1n) is 9.44. The molecule has 0 radical (unpaired) electrons. The molecule has 4 N–H and O–H groups in total. The fourth-order valence-corrected chi connectivity index (χ4v) is 2.88. The van der Waals surface area contributed by atoms with Crippen LogP contribution in [0.15, 0.2) is 30.5 Å². The molecule has 1 heterocycles. The van der Waals surface area contributed by atoms with Gasteiger partial charge in [-0.3, -0.25) is 9.59 Å². The Balaban J connectivity index is 1.98. The summed E-state index contributed by atoms with van der Waals surface area (Å²) >= 11 is 0. The highest BCUT2D eigenvalue weighted by Gasteiger charge is 2.24. The van der Waals surface area contributed by atoms with Crippen molar-refractivity contribution in [3.05, 3.63) is 47.2 Å². The van der Waals surface area contributed by atoms with Crippen LogP contribution >= 0.6 is 0 Å². The fraction of sp³-hybridized carbons (Fsp3) is 0.381. The van der Waals surface area contributed by atoms with Crippen LogP contribution in [0.2, 0.25) is 0 Å². The minimum absolute atomic E-state index is 0.0755. The molecule has 2 aromatic rings. The molecule has 148 valence electrons. The number of nitrogens with zero attached hydrogens (tertiary/aromatic N) is 1. The molecule has 1 saturated carbocycles. The Kier molecular flexibility index (Phi) is 5.94. The summed E-state index contributed by atoms with van der Waals surface area (Å²) in [5, 5.41) is 17.9. The molecule has 0 aliphatic heterocycles. The van der Waals surface area contributed by atoms with Crippen molar-refractivity contribution in [2.75, 3.05) is 19.0 Å². The van der Waals surface area contributed by atoms with Crippen molar-refractivity contribution < 1.29 is 14.7 Å². The highest BCUT2D eigenvalue weighted by atomic mass is 16.3. The first-order chi connectivity index (χ1) is 13.4. The van der Waals surface area contributed by atoms with Gasteiger partial charge in [0.1, 0.15) is 5.82 Å². The van der Waals surface area contributed by atoms with E-state index in [0.717, 1.165) is 29.5 Å². The number of carbonyl (C=O) groups is 2. The van der Waals surface area contributed by atoms with Crippen molar-refractivity contribution in [1.82, 2.24) is 15.6 Å². The maximum atomic E-state index is 12.4. The first-order valence-corrected chi connectivity index (χ1v) is 9.44. The molecule has 1 atom stereocenters. The lowest BCUT2D eigenvalue weighted by atomic mass is 9.97. The van der Waals surface area contributed by atoms with Gasteiger partial charge in [0.05, 0.1) is 12.2 Å². The molecule has 28 heavy (non-hydrogen) atoms. The number of aliphatic hydroxyl groups is 1. The van der Waals surface area contributed by atoms with Crippen molar-refractivity contribution in [3.63, 3.8) is 0 Å². The monoisotopic (exact) mass is 382 g/mol. The van der Waals surface area contributed by atoms with Crippen LogP contribution in [0.4, 0.5) is 5.82 Å². The summed E-state index contributed by atoms with van der Waals surface area (Å²) in [4.78, 5) is 29.2. The van der Waals surface area contributed by atoms with Gasteiger partial charge in [0.2, 0.25) is 0 Å². The van der Waals surface area contributed by atoms with Gasteiger partial charge < -0.3 is 21.1 Å². The molecule has 1 fully saturated rings. The van der Waals surface area contributed by atoms with Crippen LogP contribution in [-0.2, 0) is 0 Å². The molecular weight excluding hydrogens is 356 g/mol. The third kappa shape index (κ3) is 4.48. The van der Waals surface area contributed by atoms with Gasteiger partial charge in [-0.1, -0.05) is 6.07 Å². The normalized spacial score (nSPS) is 14.3. The van der Waals surface area contributed by atoms with E-state index in [1.54, 1.807) is 26.2 Å². The van der Waals surface area contributed by atoms with Gasteiger partial charge in [-0.25, -0.2) is 4.98 Å².